The van der Waals surface area contributed by atoms with E-state index in [2.05, 4.69) is 4.31 Å². The number of urea groups is 2. The maximum absolute atomic E-state index is 11.3. The smallest absolute Gasteiger partial charge is 0.334 e. The van der Waals surface area contributed by atoms with Gasteiger partial charge >= 0.3 is 29.3 Å². The molecule has 0 aliphatic carbocycles. The molecule has 0 bridgehead atoms. The summed E-state index contributed by atoms with van der Waals surface area (Å²) < 4.78 is 3.60. The molecule has 0 spiro atoms. The van der Waals surface area contributed by atoms with Crippen molar-refractivity contribution in [3.63, 3.8) is 0 Å². The van der Waals surface area contributed by atoms with Gasteiger partial charge in [-0.2, -0.15) is 0 Å². The second-order valence-electron chi connectivity index (χ2n) is 4.41. The predicted octanol–water partition coefficient (Wildman–Crippen LogP) is -3.19. The molecule has 0 atom stereocenters. The van der Waals surface area contributed by atoms with Crippen LogP contribution in [-0.4, -0.2) is 109 Å². The molecule has 0 saturated heterocycles. The van der Waals surface area contributed by atoms with E-state index in [0.29, 0.717) is 0 Å². The van der Waals surface area contributed by atoms with Gasteiger partial charge in [0.2, 0.25) is 0 Å². The first-order chi connectivity index (χ1) is 12.0. The molecule has 10 N–H and O–H groups in total. The van der Waals surface area contributed by atoms with Crippen LogP contribution in [0.2, 0.25) is 0 Å². The van der Waals surface area contributed by atoms with E-state index in [0.717, 1.165) is 10.0 Å². The highest BCUT2D eigenvalue weighted by Crippen LogP contribution is 2.41. The fraction of sp³-hybridized carbons (Fsp3) is 0.778. The van der Waals surface area contributed by atoms with Crippen LogP contribution in [0.3, 0.4) is 0 Å². The van der Waals surface area contributed by atoms with E-state index in [1.165, 1.54) is 24.1 Å². The van der Waals surface area contributed by atoms with Gasteiger partial charge in [0, 0.05) is 27.2 Å². The monoisotopic (exact) mass is 424 g/mol. The fourth-order valence-corrected chi connectivity index (χ4v) is 1.94. The summed E-state index contributed by atoms with van der Waals surface area (Å²) in [5, 5.41) is 22.5. The number of amides is 4. The number of hydrogen-bond donors (Lipinski definition) is 8. The van der Waals surface area contributed by atoms with Crippen molar-refractivity contribution in [3.05, 3.63) is 0 Å². The number of primary amides is 2. The van der Waals surface area contributed by atoms with Crippen molar-refractivity contribution in [1.29, 1.82) is 0 Å². The Balaban J connectivity index is 0. The summed E-state index contributed by atoms with van der Waals surface area (Å²) in [6.07, 6.45) is 0. The summed E-state index contributed by atoms with van der Waals surface area (Å²) in [5.74, 6) is 0. The number of nitrogens with zero attached hydrogens (tertiary/aromatic N) is 4. The molecule has 0 aliphatic rings. The highest BCUT2D eigenvalue weighted by Gasteiger charge is 2.23. The molecule has 0 aromatic rings. The highest BCUT2D eigenvalue weighted by molar-refractivity contribution is 7.53. The Bertz CT molecular complexity index is 374. The Morgan fingerprint density at radius 2 is 1.15 bits per heavy atom. The molecule has 0 fully saturated rings. The summed E-state index contributed by atoms with van der Waals surface area (Å²) in [5.41, 5.74) is 10.4. The van der Waals surface area contributed by atoms with E-state index in [4.69, 9.17) is 41.3 Å². The quantitative estimate of drug-likeness (QED) is 0.0989. The molecule has 0 aromatic carbocycles. The van der Waals surface area contributed by atoms with Gasteiger partial charge in [-0.15, -0.1) is 0 Å². The van der Waals surface area contributed by atoms with Gasteiger partial charge in [0.15, 0.2) is 0 Å². The molecule has 17 heteroatoms. The molecule has 26 heavy (non-hydrogen) atoms. The number of aliphatic hydroxyl groups excluding tert-OH is 2. The Labute approximate surface area is 152 Å². The largest absolute Gasteiger partial charge is 0.395 e. The first-order valence-electron chi connectivity index (χ1n) is 6.79. The second kappa shape index (κ2) is 15.1. The lowest BCUT2D eigenvalue weighted by atomic mass is 10.6. The van der Waals surface area contributed by atoms with Gasteiger partial charge in [0.25, 0.3) is 0 Å². The third-order valence-electron chi connectivity index (χ3n) is 2.59. The Kier molecular flexibility index (Phi) is 15.9. The van der Waals surface area contributed by atoms with Crippen molar-refractivity contribution in [2.45, 2.75) is 0 Å². The van der Waals surface area contributed by atoms with E-state index in [1.807, 2.05) is 0 Å². The lowest BCUT2D eigenvalue weighted by Crippen LogP contribution is -2.58. The number of rotatable bonds is 10. The van der Waals surface area contributed by atoms with E-state index in [9.17, 15) is 9.59 Å². The van der Waals surface area contributed by atoms with Gasteiger partial charge in [-0.3, -0.25) is 0 Å². The van der Waals surface area contributed by atoms with E-state index in [1.54, 1.807) is 0 Å². The predicted molar refractivity (Wildman–Crippen MR) is 90.9 cm³/mol. The number of aliphatic hydroxyl groups is 2. The number of nitrogens with two attached hydrogens (primary N) is 2. The van der Waals surface area contributed by atoms with Gasteiger partial charge in [0.1, 0.15) is 6.67 Å². The first-order valence-corrected chi connectivity index (χ1v) is 9.12. The van der Waals surface area contributed by atoms with Crippen LogP contribution >= 0.6 is 17.2 Å². The van der Waals surface area contributed by atoms with Crippen molar-refractivity contribution in [2.24, 2.45) is 11.5 Å². The third kappa shape index (κ3) is 13.3. The number of carbonyl (C=O) groups excluding carboxylic acids is 2. The fourth-order valence-electron chi connectivity index (χ4n) is 1.41. The molecule has 0 saturated carbocycles. The summed E-state index contributed by atoms with van der Waals surface area (Å²) in [7, 11) is -2.15. The standard InChI is InChI=1S/C9H22N6O4.H4O5P2/c1-12(3-5-16)14(8(10)18)7-15(9(11)19)13(2)4-6-17;1-6(2)5-7(3)4/h16-17H,3-7H2,1-2H3,(H2,10,18)(H2,11,19);1-4H. The molecule has 15 nitrogen and oxygen atoms in total. The van der Waals surface area contributed by atoms with Crippen LogP contribution in [0.4, 0.5) is 9.59 Å². The number of likely N-dealkylation sites (N-methyl/N-ethyl adjacent to an activating group) is 2. The molecule has 0 radical (unpaired) electrons. The molecule has 0 aromatic heterocycles. The lowest BCUT2D eigenvalue weighted by Gasteiger charge is -2.37. The summed E-state index contributed by atoms with van der Waals surface area (Å²) in [4.78, 5) is 53.9. The SMILES string of the molecule is CN(CCO)N(CN(C(N)=O)N(C)CCO)C(N)=O.OP(O)OP(O)O. The number of carbonyl (C=O) groups is 2. The summed E-state index contributed by atoms with van der Waals surface area (Å²) in [6.45, 7) is -0.233. The van der Waals surface area contributed by atoms with Crippen molar-refractivity contribution >= 4 is 29.3 Å². The third-order valence-corrected chi connectivity index (χ3v) is 3.76. The van der Waals surface area contributed by atoms with Crippen molar-refractivity contribution in [1.82, 2.24) is 20.0 Å². The second-order valence-corrected chi connectivity index (χ2v) is 6.08. The normalized spacial score (nSPS) is 10.9. The van der Waals surface area contributed by atoms with Crippen LogP contribution in [0.5, 0.6) is 0 Å². The van der Waals surface area contributed by atoms with Crippen LogP contribution in [0.15, 0.2) is 0 Å². The molecular formula is C9H26N6O9P2. The Hall–Kier alpha value is -0.960. The van der Waals surface area contributed by atoms with Crippen LogP contribution < -0.4 is 11.5 Å². The van der Waals surface area contributed by atoms with Crippen LogP contribution in [0, 0.1) is 0 Å². The van der Waals surface area contributed by atoms with E-state index in [-0.39, 0.29) is 33.0 Å². The topological polar surface area (TPSA) is 230 Å². The lowest BCUT2D eigenvalue weighted by molar-refractivity contribution is -0.0624. The summed E-state index contributed by atoms with van der Waals surface area (Å²) in [6, 6.07) is -1.58. The van der Waals surface area contributed by atoms with Crippen LogP contribution in [0.1, 0.15) is 0 Å². The molecule has 0 heterocycles. The molecular weight excluding hydrogens is 398 g/mol. The zero-order valence-corrected chi connectivity index (χ0v) is 16.1. The highest BCUT2D eigenvalue weighted by atomic mass is 31.2. The zero-order valence-electron chi connectivity index (χ0n) is 14.3. The zero-order chi connectivity index (χ0) is 20.9. The van der Waals surface area contributed by atoms with E-state index >= 15 is 0 Å². The van der Waals surface area contributed by atoms with Gasteiger partial charge in [0.05, 0.1) is 13.2 Å². The molecule has 0 unspecified atom stereocenters. The first kappa shape index (κ1) is 27.3. The number of hydrogen-bond acceptors (Lipinski definition) is 11. The van der Waals surface area contributed by atoms with E-state index < -0.39 is 29.3 Å². The maximum atomic E-state index is 11.3. The van der Waals surface area contributed by atoms with Gasteiger partial charge in [-0.05, 0) is 0 Å². The maximum Gasteiger partial charge on any atom is 0.334 e. The average molecular weight is 424 g/mol. The van der Waals surface area contributed by atoms with Crippen molar-refractivity contribution < 1.29 is 43.7 Å². The number of hydrazine groups is 2. The van der Waals surface area contributed by atoms with Gasteiger partial charge < -0.3 is 41.3 Å². The van der Waals surface area contributed by atoms with Crippen molar-refractivity contribution in [3.8, 4) is 0 Å². The molecule has 156 valence electrons. The van der Waals surface area contributed by atoms with Crippen LogP contribution in [0.25, 0.3) is 0 Å². The van der Waals surface area contributed by atoms with Crippen molar-refractivity contribution in [2.75, 3.05) is 47.1 Å². The Morgan fingerprint density at radius 1 is 0.846 bits per heavy atom. The van der Waals surface area contributed by atoms with Gasteiger partial charge in [-0.25, -0.2) is 33.9 Å². The van der Waals surface area contributed by atoms with Crippen LogP contribution in [-0.2, 0) is 4.31 Å². The Morgan fingerprint density at radius 3 is 1.31 bits per heavy atom. The van der Waals surface area contributed by atoms with Gasteiger partial charge in [-0.1, -0.05) is 0 Å². The molecule has 0 rings (SSSR count). The summed E-state index contributed by atoms with van der Waals surface area (Å²) >= 11 is 0. The average Bonchev–Trinajstić information content (AvgIpc) is 2.46. The minimum atomic E-state index is -2.61. The minimum Gasteiger partial charge on any atom is -0.395 e. The minimum absolute atomic E-state index is 0.166. The molecule has 4 amide bonds. The molecule has 0 aliphatic heterocycles.